The predicted molar refractivity (Wildman–Crippen MR) is 79.0 cm³/mol. The van der Waals surface area contributed by atoms with Crippen LogP contribution in [-0.4, -0.2) is 48.8 Å². The second-order valence-corrected chi connectivity index (χ2v) is 5.20. The summed E-state index contributed by atoms with van der Waals surface area (Å²) < 4.78 is 0. The Bertz CT molecular complexity index is 205. The Morgan fingerprint density at radius 3 is 1.56 bits per heavy atom. The minimum atomic E-state index is 0.678. The maximum atomic E-state index is 5.74. The zero-order chi connectivity index (χ0) is 12.2. The van der Waals surface area contributed by atoms with E-state index in [-0.39, 0.29) is 0 Å². The zero-order valence-electron chi connectivity index (χ0n) is 10.1. The quantitative estimate of drug-likeness (QED) is 0.372. The molecule has 0 radical (unpaired) electrons. The lowest BCUT2D eigenvalue weighted by Gasteiger charge is -2.01. The van der Waals surface area contributed by atoms with E-state index in [1.807, 2.05) is 0 Å². The number of hydrogen-bond donors (Lipinski definition) is 2. The third kappa shape index (κ3) is 10.2. The van der Waals surface area contributed by atoms with Gasteiger partial charge in [0.05, 0.1) is 11.7 Å². The molecular formula is C10H22N4S2. The summed E-state index contributed by atoms with van der Waals surface area (Å²) in [4.78, 5) is 8.48. The smallest absolute Gasteiger partial charge is 0.0941 e. The van der Waals surface area contributed by atoms with Crippen molar-refractivity contribution in [3.05, 3.63) is 0 Å². The van der Waals surface area contributed by atoms with Gasteiger partial charge < -0.3 is 11.5 Å². The van der Waals surface area contributed by atoms with Crippen LogP contribution in [0.3, 0.4) is 0 Å². The molecule has 0 spiro atoms. The standard InChI is InChI=1S/C10H22N4S2/c1-15-7-5-13-9(11)3-4-10(12)14-6-8-16-2/h3-8H2,1-2H3,(H2,11,13)(H2,12,14). The Kier molecular flexibility index (Phi) is 10.9. The molecule has 0 aromatic rings. The van der Waals surface area contributed by atoms with Crippen molar-refractivity contribution in [1.29, 1.82) is 0 Å². The van der Waals surface area contributed by atoms with Crippen LogP contribution in [0.25, 0.3) is 0 Å². The molecule has 0 aliphatic heterocycles. The summed E-state index contributed by atoms with van der Waals surface area (Å²) in [7, 11) is 0. The normalized spacial score (nSPS) is 13.1. The van der Waals surface area contributed by atoms with E-state index in [9.17, 15) is 0 Å². The van der Waals surface area contributed by atoms with Gasteiger partial charge in [0.25, 0.3) is 0 Å². The van der Waals surface area contributed by atoms with Crippen molar-refractivity contribution in [3.63, 3.8) is 0 Å². The number of aliphatic imine (C=N–C) groups is 2. The van der Waals surface area contributed by atoms with Crippen LogP contribution in [0.1, 0.15) is 12.8 Å². The molecule has 0 rings (SSSR count). The van der Waals surface area contributed by atoms with Crippen LogP contribution in [0.5, 0.6) is 0 Å². The largest absolute Gasteiger partial charge is 0.387 e. The Labute approximate surface area is 107 Å². The van der Waals surface area contributed by atoms with E-state index in [0.717, 1.165) is 24.6 Å². The first kappa shape index (κ1) is 15.6. The van der Waals surface area contributed by atoms with Crippen molar-refractivity contribution in [2.24, 2.45) is 21.5 Å². The molecular weight excluding hydrogens is 240 g/mol. The number of amidine groups is 2. The highest BCUT2D eigenvalue weighted by Crippen LogP contribution is 1.95. The second kappa shape index (κ2) is 11.1. The molecule has 0 bridgehead atoms. The molecule has 0 saturated carbocycles. The summed E-state index contributed by atoms with van der Waals surface area (Å²) in [5.41, 5.74) is 11.5. The lowest BCUT2D eigenvalue weighted by molar-refractivity contribution is 1.03. The number of nitrogens with two attached hydrogens (primary N) is 2. The van der Waals surface area contributed by atoms with Crippen molar-refractivity contribution in [1.82, 2.24) is 0 Å². The van der Waals surface area contributed by atoms with Gasteiger partial charge in [0.15, 0.2) is 0 Å². The molecule has 6 heteroatoms. The minimum absolute atomic E-state index is 0.678. The van der Waals surface area contributed by atoms with Crippen LogP contribution in [0.2, 0.25) is 0 Å². The van der Waals surface area contributed by atoms with Gasteiger partial charge in [0, 0.05) is 37.4 Å². The van der Waals surface area contributed by atoms with Gasteiger partial charge in [0.2, 0.25) is 0 Å². The van der Waals surface area contributed by atoms with E-state index < -0.39 is 0 Å². The molecule has 0 aliphatic rings. The molecule has 0 aliphatic carbocycles. The van der Waals surface area contributed by atoms with Gasteiger partial charge in [-0.05, 0) is 12.5 Å². The number of rotatable bonds is 9. The molecule has 0 atom stereocenters. The van der Waals surface area contributed by atoms with Crippen LogP contribution < -0.4 is 11.5 Å². The highest BCUT2D eigenvalue weighted by atomic mass is 32.2. The highest BCUT2D eigenvalue weighted by molar-refractivity contribution is 7.98. The summed E-state index contributed by atoms with van der Waals surface area (Å²) in [6.07, 6.45) is 5.54. The summed E-state index contributed by atoms with van der Waals surface area (Å²) in [6.45, 7) is 1.58. The van der Waals surface area contributed by atoms with Crippen LogP contribution in [0.15, 0.2) is 9.98 Å². The highest BCUT2D eigenvalue weighted by Gasteiger charge is 1.96. The number of nitrogens with zero attached hydrogens (tertiary/aromatic N) is 2. The molecule has 0 fully saturated rings. The Morgan fingerprint density at radius 2 is 1.25 bits per heavy atom. The van der Waals surface area contributed by atoms with Gasteiger partial charge in [-0.1, -0.05) is 0 Å². The lowest BCUT2D eigenvalue weighted by Crippen LogP contribution is -2.19. The molecule has 0 unspecified atom stereocenters. The third-order valence-corrected chi connectivity index (χ3v) is 3.04. The fourth-order valence-corrected chi connectivity index (χ4v) is 1.52. The van der Waals surface area contributed by atoms with Crippen molar-refractivity contribution >= 4 is 35.2 Å². The van der Waals surface area contributed by atoms with Gasteiger partial charge in [0.1, 0.15) is 0 Å². The number of thioether (sulfide) groups is 2. The third-order valence-electron chi connectivity index (χ3n) is 1.86. The predicted octanol–water partition coefficient (Wildman–Crippen LogP) is 1.21. The van der Waals surface area contributed by atoms with Gasteiger partial charge in [-0.3, -0.25) is 9.98 Å². The lowest BCUT2D eigenvalue weighted by atomic mass is 10.3. The van der Waals surface area contributed by atoms with Crippen LogP contribution in [0, 0.1) is 0 Å². The molecule has 16 heavy (non-hydrogen) atoms. The summed E-state index contributed by atoms with van der Waals surface area (Å²) in [5.74, 6) is 3.38. The first-order chi connectivity index (χ1) is 7.70. The van der Waals surface area contributed by atoms with Gasteiger partial charge in [-0.2, -0.15) is 23.5 Å². The van der Waals surface area contributed by atoms with E-state index in [1.165, 1.54) is 0 Å². The van der Waals surface area contributed by atoms with E-state index in [4.69, 9.17) is 11.5 Å². The van der Waals surface area contributed by atoms with Crippen molar-refractivity contribution in [3.8, 4) is 0 Å². The van der Waals surface area contributed by atoms with Crippen LogP contribution >= 0.6 is 23.5 Å². The summed E-state index contributed by atoms with van der Waals surface area (Å²) >= 11 is 3.54. The molecule has 0 amide bonds. The van der Waals surface area contributed by atoms with Crippen molar-refractivity contribution in [2.45, 2.75) is 12.8 Å². The minimum Gasteiger partial charge on any atom is -0.387 e. The summed E-state index contributed by atoms with van der Waals surface area (Å²) in [6, 6.07) is 0. The Balaban J connectivity index is 3.68. The van der Waals surface area contributed by atoms with E-state index in [2.05, 4.69) is 22.5 Å². The van der Waals surface area contributed by atoms with E-state index in [1.54, 1.807) is 23.5 Å². The van der Waals surface area contributed by atoms with Crippen molar-refractivity contribution in [2.75, 3.05) is 37.1 Å². The van der Waals surface area contributed by atoms with Gasteiger partial charge in [-0.25, -0.2) is 0 Å². The van der Waals surface area contributed by atoms with Crippen LogP contribution in [-0.2, 0) is 0 Å². The fourth-order valence-electron chi connectivity index (χ4n) is 0.975. The average Bonchev–Trinajstić information content (AvgIpc) is 2.27. The van der Waals surface area contributed by atoms with Crippen molar-refractivity contribution < 1.29 is 0 Å². The van der Waals surface area contributed by atoms with Gasteiger partial charge >= 0.3 is 0 Å². The molecule has 0 aromatic heterocycles. The fraction of sp³-hybridized carbons (Fsp3) is 0.800. The molecule has 94 valence electrons. The average molecular weight is 262 g/mol. The second-order valence-electron chi connectivity index (χ2n) is 3.23. The van der Waals surface area contributed by atoms with Crippen LogP contribution in [0.4, 0.5) is 0 Å². The Hall–Kier alpha value is -0.360. The maximum Gasteiger partial charge on any atom is 0.0941 e. The zero-order valence-corrected chi connectivity index (χ0v) is 11.7. The molecule has 4 nitrogen and oxygen atoms in total. The molecule has 0 aromatic carbocycles. The SMILES string of the molecule is CSCCN=C(N)CCC(N)=NCCSC. The molecule has 0 saturated heterocycles. The molecule has 0 heterocycles. The van der Waals surface area contributed by atoms with E-state index in [0.29, 0.717) is 24.5 Å². The topological polar surface area (TPSA) is 76.8 Å². The first-order valence-electron chi connectivity index (χ1n) is 5.26. The molecule has 4 N–H and O–H groups in total. The monoisotopic (exact) mass is 262 g/mol. The van der Waals surface area contributed by atoms with Gasteiger partial charge in [-0.15, -0.1) is 0 Å². The van der Waals surface area contributed by atoms with E-state index >= 15 is 0 Å². The maximum absolute atomic E-state index is 5.74. The summed E-state index contributed by atoms with van der Waals surface area (Å²) in [5, 5.41) is 0. The number of hydrogen-bond acceptors (Lipinski definition) is 4. The Morgan fingerprint density at radius 1 is 0.875 bits per heavy atom. The first-order valence-corrected chi connectivity index (χ1v) is 8.05.